The molecule has 1 atom stereocenters. The predicted molar refractivity (Wildman–Crippen MR) is 115 cm³/mol. The van der Waals surface area contributed by atoms with Crippen LogP contribution in [0.4, 0.5) is 0 Å². The Morgan fingerprint density at radius 3 is 2.37 bits per heavy atom. The van der Waals surface area contributed by atoms with E-state index in [4.69, 9.17) is 5.14 Å². The molecular formula is C20H31N5O4S. The molecule has 30 heavy (non-hydrogen) atoms. The number of amides is 2. The van der Waals surface area contributed by atoms with Crippen LogP contribution in [0.3, 0.4) is 0 Å². The summed E-state index contributed by atoms with van der Waals surface area (Å²) in [5.74, 6) is -0.0698. The summed E-state index contributed by atoms with van der Waals surface area (Å²) < 4.78 is 22.6. The van der Waals surface area contributed by atoms with Gasteiger partial charge in [0.25, 0.3) is 0 Å². The van der Waals surface area contributed by atoms with E-state index < -0.39 is 10.0 Å². The second-order valence-corrected chi connectivity index (χ2v) is 8.87. The molecule has 2 rings (SSSR count). The summed E-state index contributed by atoms with van der Waals surface area (Å²) >= 11 is 0. The summed E-state index contributed by atoms with van der Waals surface area (Å²) in [6.45, 7) is 9.64. The van der Waals surface area contributed by atoms with Crippen LogP contribution in [0.2, 0.25) is 0 Å². The molecule has 1 aliphatic heterocycles. The Morgan fingerprint density at radius 1 is 1.17 bits per heavy atom. The van der Waals surface area contributed by atoms with Crippen molar-refractivity contribution in [3.8, 4) is 0 Å². The van der Waals surface area contributed by atoms with E-state index in [2.05, 4.69) is 27.0 Å². The molecule has 1 aromatic rings. The second kappa shape index (κ2) is 11.2. The third-order valence-corrected chi connectivity index (χ3v) is 6.04. The lowest BCUT2D eigenvalue weighted by Crippen LogP contribution is -2.55. The third kappa shape index (κ3) is 7.52. The highest BCUT2D eigenvalue weighted by Gasteiger charge is 2.26. The van der Waals surface area contributed by atoms with Crippen LogP contribution in [-0.4, -0.2) is 81.9 Å². The Bertz CT molecular complexity index is 833. The van der Waals surface area contributed by atoms with E-state index in [9.17, 15) is 18.0 Å². The van der Waals surface area contributed by atoms with Crippen molar-refractivity contribution < 1.29 is 18.0 Å². The van der Waals surface area contributed by atoms with Gasteiger partial charge in [-0.2, -0.15) is 0 Å². The first-order valence-electron chi connectivity index (χ1n) is 9.94. The largest absolute Gasteiger partial charge is 0.354 e. The first-order valence-corrected chi connectivity index (χ1v) is 11.5. The van der Waals surface area contributed by atoms with Crippen LogP contribution < -0.4 is 15.8 Å². The van der Waals surface area contributed by atoms with Crippen LogP contribution in [-0.2, 0) is 26.0 Å². The Balaban J connectivity index is 1.71. The Labute approximate surface area is 178 Å². The van der Waals surface area contributed by atoms with E-state index in [1.165, 1.54) is 12.1 Å². The minimum Gasteiger partial charge on any atom is -0.354 e. The normalized spacial score (nSPS) is 16.6. The Hall–Kier alpha value is -2.27. The number of hydrogen-bond donors (Lipinski definition) is 3. The molecule has 1 fully saturated rings. The number of carbonyl (C=O) groups excluding carboxylic acids is 2. The average Bonchev–Trinajstić information content (AvgIpc) is 2.72. The molecule has 1 heterocycles. The number of carbonyl (C=O) groups is 2. The van der Waals surface area contributed by atoms with Crippen LogP contribution in [0.15, 0.2) is 41.8 Å². The number of nitrogens with two attached hydrogens (primary N) is 1. The molecule has 2 amide bonds. The van der Waals surface area contributed by atoms with Crippen molar-refractivity contribution in [2.45, 2.75) is 24.3 Å². The third-order valence-electron chi connectivity index (χ3n) is 5.11. The van der Waals surface area contributed by atoms with Gasteiger partial charge in [0.05, 0.1) is 17.5 Å². The van der Waals surface area contributed by atoms with Crippen molar-refractivity contribution in [2.75, 3.05) is 45.8 Å². The zero-order valence-corrected chi connectivity index (χ0v) is 18.2. The number of nitrogens with one attached hydrogen (secondary N) is 2. The molecule has 1 aromatic carbocycles. The number of rotatable bonds is 10. The summed E-state index contributed by atoms with van der Waals surface area (Å²) in [7, 11) is -3.70. The molecule has 0 radical (unpaired) electrons. The van der Waals surface area contributed by atoms with Crippen molar-refractivity contribution in [1.29, 1.82) is 0 Å². The van der Waals surface area contributed by atoms with Crippen LogP contribution >= 0.6 is 0 Å². The van der Waals surface area contributed by atoms with Crippen LogP contribution in [0.5, 0.6) is 0 Å². The van der Waals surface area contributed by atoms with Gasteiger partial charge in [0.15, 0.2) is 0 Å². The fourth-order valence-electron chi connectivity index (χ4n) is 3.24. The van der Waals surface area contributed by atoms with Gasteiger partial charge in [0.2, 0.25) is 21.8 Å². The van der Waals surface area contributed by atoms with Gasteiger partial charge in [-0.15, -0.1) is 6.58 Å². The van der Waals surface area contributed by atoms with Crippen molar-refractivity contribution >= 4 is 21.8 Å². The second-order valence-electron chi connectivity index (χ2n) is 7.31. The molecule has 0 aliphatic carbocycles. The number of primary sulfonamides is 1. The molecule has 0 bridgehead atoms. The predicted octanol–water partition coefficient (Wildman–Crippen LogP) is -0.699. The van der Waals surface area contributed by atoms with Gasteiger partial charge in [-0.05, 0) is 31.0 Å². The lowest BCUT2D eigenvalue weighted by atomic mass is 10.1. The molecule has 10 heteroatoms. The minimum absolute atomic E-state index is 0.0220. The van der Waals surface area contributed by atoms with Crippen LogP contribution in [0.25, 0.3) is 0 Å². The number of hydrogen-bond acceptors (Lipinski definition) is 6. The van der Waals surface area contributed by atoms with Crippen molar-refractivity contribution in [3.05, 3.63) is 42.5 Å². The fraction of sp³-hybridized carbons (Fsp3) is 0.500. The summed E-state index contributed by atoms with van der Waals surface area (Å²) in [4.78, 5) is 28.5. The van der Waals surface area contributed by atoms with Crippen molar-refractivity contribution in [3.63, 3.8) is 0 Å². The lowest BCUT2D eigenvalue weighted by Gasteiger charge is -2.37. The van der Waals surface area contributed by atoms with Gasteiger partial charge in [-0.25, -0.2) is 13.6 Å². The quantitative estimate of drug-likeness (QED) is 0.416. The van der Waals surface area contributed by atoms with Gasteiger partial charge in [0, 0.05) is 39.3 Å². The van der Waals surface area contributed by atoms with E-state index in [0.717, 1.165) is 31.7 Å². The standard InChI is InChI=1S/C20H31N5O4S/c1-3-9-22-19(26)15-24-11-13-25(14-12-24)16(2)20(27)23-10-8-17-4-6-18(7-5-17)30(21,28)29/h3-7,16H,1,8-15H2,2H3,(H,22,26)(H,23,27)(H2,21,28,29)/t16-/m1/s1. The Kier molecular flexibility index (Phi) is 8.97. The van der Waals surface area contributed by atoms with Gasteiger partial charge >= 0.3 is 0 Å². The molecule has 0 saturated carbocycles. The van der Waals surface area contributed by atoms with E-state index >= 15 is 0 Å². The molecule has 166 valence electrons. The number of benzene rings is 1. The molecule has 0 spiro atoms. The highest BCUT2D eigenvalue weighted by Crippen LogP contribution is 2.09. The topological polar surface area (TPSA) is 125 Å². The highest BCUT2D eigenvalue weighted by atomic mass is 32.2. The first kappa shape index (κ1) is 24.0. The van der Waals surface area contributed by atoms with E-state index in [1.807, 2.05) is 6.92 Å². The summed E-state index contributed by atoms with van der Waals surface area (Å²) in [5.41, 5.74) is 0.915. The highest BCUT2D eigenvalue weighted by molar-refractivity contribution is 7.89. The molecule has 1 aliphatic rings. The summed E-state index contributed by atoms with van der Waals surface area (Å²) in [6.07, 6.45) is 2.24. The van der Waals surface area contributed by atoms with Crippen LogP contribution in [0, 0.1) is 0 Å². The average molecular weight is 438 g/mol. The zero-order valence-electron chi connectivity index (χ0n) is 17.3. The smallest absolute Gasteiger partial charge is 0.238 e. The SMILES string of the molecule is C=CCNC(=O)CN1CCN([C@H](C)C(=O)NCCc2ccc(S(N)(=O)=O)cc2)CC1. The van der Waals surface area contributed by atoms with Gasteiger partial charge < -0.3 is 10.6 Å². The van der Waals surface area contributed by atoms with Crippen LogP contribution in [0.1, 0.15) is 12.5 Å². The number of piperazine rings is 1. The van der Waals surface area contributed by atoms with Crippen molar-refractivity contribution in [2.24, 2.45) is 5.14 Å². The fourth-order valence-corrected chi connectivity index (χ4v) is 3.76. The maximum absolute atomic E-state index is 12.5. The monoisotopic (exact) mass is 437 g/mol. The maximum Gasteiger partial charge on any atom is 0.238 e. The molecule has 0 unspecified atom stereocenters. The summed E-state index contributed by atoms with van der Waals surface area (Å²) in [6, 6.07) is 6.06. The van der Waals surface area contributed by atoms with Crippen molar-refractivity contribution in [1.82, 2.24) is 20.4 Å². The molecular weight excluding hydrogens is 406 g/mol. The maximum atomic E-state index is 12.5. The molecule has 9 nitrogen and oxygen atoms in total. The molecule has 4 N–H and O–H groups in total. The summed E-state index contributed by atoms with van der Waals surface area (Å²) in [5, 5.41) is 10.8. The first-order chi connectivity index (χ1) is 14.2. The van der Waals surface area contributed by atoms with Gasteiger partial charge in [-0.1, -0.05) is 18.2 Å². The molecule has 1 saturated heterocycles. The molecule has 0 aromatic heterocycles. The van der Waals surface area contributed by atoms with Gasteiger partial charge in [-0.3, -0.25) is 19.4 Å². The van der Waals surface area contributed by atoms with E-state index in [0.29, 0.717) is 26.1 Å². The van der Waals surface area contributed by atoms with E-state index in [-0.39, 0.29) is 22.8 Å². The van der Waals surface area contributed by atoms with E-state index in [1.54, 1.807) is 18.2 Å². The number of sulfonamides is 1. The minimum atomic E-state index is -3.70. The zero-order chi connectivity index (χ0) is 22.1. The van der Waals surface area contributed by atoms with Gasteiger partial charge in [0.1, 0.15) is 0 Å². The number of nitrogens with zero attached hydrogens (tertiary/aromatic N) is 2. The lowest BCUT2D eigenvalue weighted by molar-refractivity contribution is -0.127. The Morgan fingerprint density at radius 2 is 1.80 bits per heavy atom.